The molecule has 0 aromatic heterocycles. The van der Waals surface area contributed by atoms with Crippen molar-refractivity contribution in [1.29, 1.82) is 0 Å². The van der Waals surface area contributed by atoms with Gasteiger partial charge < -0.3 is 0 Å². The molecule has 0 saturated heterocycles. The van der Waals surface area contributed by atoms with Gasteiger partial charge in [0.05, 0.1) is 11.8 Å². The Morgan fingerprint density at radius 2 is 1.62 bits per heavy atom. The predicted octanol–water partition coefficient (Wildman–Crippen LogP) is 5.33. The average Bonchev–Trinajstić information content (AvgIpc) is 3.14. The average molecular weight is 361 g/mol. The quantitative estimate of drug-likeness (QED) is 0.621. The molecule has 3 aromatic carbocycles. The second-order valence-electron chi connectivity index (χ2n) is 6.20. The van der Waals surface area contributed by atoms with Crippen molar-refractivity contribution in [2.45, 2.75) is 12.5 Å². The van der Waals surface area contributed by atoms with Gasteiger partial charge in [-0.2, -0.15) is 5.10 Å². The van der Waals surface area contributed by atoms with Crippen molar-refractivity contribution in [2.75, 3.05) is 0 Å². The third kappa shape index (κ3) is 3.26. The van der Waals surface area contributed by atoms with Crippen LogP contribution in [0.1, 0.15) is 33.9 Å². The van der Waals surface area contributed by atoms with Crippen LogP contribution in [0.4, 0.5) is 0 Å². The molecular formula is C22H17ClN2O. The maximum Gasteiger partial charge on any atom is 0.274 e. The predicted molar refractivity (Wildman–Crippen MR) is 104 cm³/mol. The first-order valence-electron chi connectivity index (χ1n) is 8.49. The molecule has 1 atom stereocenters. The van der Waals surface area contributed by atoms with E-state index >= 15 is 0 Å². The van der Waals surface area contributed by atoms with Gasteiger partial charge in [-0.3, -0.25) is 4.79 Å². The van der Waals surface area contributed by atoms with Crippen LogP contribution in [0.25, 0.3) is 0 Å². The third-order valence-electron chi connectivity index (χ3n) is 4.48. The molecule has 1 aliphatic rings. The first kappa shape index (κ1) is 16.6. The Morgan fingerprint density at radius 1 is 0.923 bits per heavy atom. The summed E-state index contributed by atoms with van der Waals surface area (Å²) in [5.74, 6) is -0.146. The van der Waals surface area contributed by atoms with E-state index in [1.165, 1.54) is 0 Å². The fourth-order valence-electron chi connectivity index (χ4n) is 3.19. The van der Waals surface area contributed by atoms with E-state index in [0.29, 0.717) is 17.0 Å². The zero-order valence-electron chi connectivity index (χ0n) is 14.0. The molecule has 0 N–H and O–H groups in total. The van der Waals surface area contributed by atoms with Crippen LogP contribution in [0.15, 0.2) is 90.0 Å². The Morgan fingerprint density at radius 3 is 2.31 bits per heavy atom. The summed E-state index contributed by atoms with van der Waals surface area (Å²) in [7, 11) is 0. The van der Waals surface area contributed by atoms with Crippen molar-refractivity contribution in [3.05, 3.63) is 107 Å². The van der Waals surface area contributed by atoms with Crippen molar-refractivity contribution >= 4 is 23.2 Å². The van der Waals surface area contributed by atoms with Crippen LogP contribution < -0.4 is 0 Å². The number of hydrogen-bond acceptors (Lipinski definition) is 2. The molecule has 128 valence electrons. The molecule has 3 nitrogen and oxygen atoms in total. The Bertz CT molecular complexity index is 954. The van der Waals surface area contributed by atoms with Gasteiger partial charge in [0, 0.05) is 17.0 Å². The van der Waals surface area contributed by atoms with Crippen molar-refractivity contribution in [1.82, 2.24) is 5.01 Å². The van der Waals surface area contributed by atoms with Crippen LogP contribution in [0, 0.1) is 0 Å². The Kier molecular flexibility index (Phi) is 4.55. The lowest BCUT2D eigenvalue weighted by atomic mass is 9.98. The number of rotatable bonds is 3. The lowest BCUT2D eigenvalue weighted by Gasteiger charge is -2.22. The number of benzene rings is 3. The maximum atomic E-state index is 13.1. The first-order valence-corrected chi connectivity index (χ1v) is 8.87. The van der Waals surface area contributed by atoms with Gasteiger partial charge in [-0.25, -0.2) is 5.01 Å². The number of nitrogens with zero attached hydrogens (tertiary/aromatic N) is 2. The van der Waals surface area contributed by atoms with E-state index in [1.807, 2.05) is 60.7 Å². The van der Waals surface area contributed by atoms with Crippen LogP contribution in [0.5, 0.6) is 0 Å². The molecule has 0 spiro atoms. The summed E-state index contributed by atoms with van der Waals surface area (Å²) in [6.07, 6.45) is 0.681. The summed E-state index contributed by atoms with van der Waals surface area (Å²) >= 11 is 6.07. The number of hydrazone groups is 1. The van der Waals surface area contributed by atoms with Crippen LogP contribution in [-0.2, 0) is 0 Å². The lowest BCUT2D eigenvalue weighted by molar-refractivity contribution is 0.0711. The smallest absolute Gasteiger partial charge is 0.267 e. The molecule has 0 bridgehead atoms. The second-order valence-corrected chi connectivity index (χ2v) is 6.64. The van der Waals surface area contributed by atoms with Crippen LogP contribution in [0.2, 0.25) is 5.02 Å². The molecule has 4 heteroatoms. The van der Waals surface area contributed by atoms with E-state index in [4.69, 9.17) is 11.6 Å². The maximum absolute atomic E-state index is 13.1. The lowest BCUT2D eigenvalue weighted by Crippen LogP contribution is -2.27. The van der Waals surface area contributed by atoms with Crippen LogP contribution >= 0.6 is 11.6 Å². The number of amides is 1. The molecule has 4 rings (SSSR count). The number of halogens is 1. The molecule has 1 amide bonds. The summed E-state index contributed by atoms with van der Waals surface area (Å²) in [5, 5.41) is 6.81. The third-order valence-corrected chi connectivity index (χ3v) is 4.72. The highest BCUT2D eigenvalue weighted by molar-refractivity contribution is 6.31. The van der Waals surface area contributed by atoms with Gasteiger partial charge in [-0.05, 0) is 29.3 Å². The second kappa shape index (κ2) is 7.14. The largest absolute Gasteiger partial charge is 0.274 e. The summed E-state index contributed by atoms with van der Waals surface area (Å²) in [4.78, 5) is 13.1. The fourth-order valence-corrected chi connectivity index (χ4v) is 3.38. The van der Waals surface area contributed by atoms with Crippen molar-refractivity contribution < 1.29 is 4.79 Å². The molecule has 1 heterocycles. The van der Waals surface area contributed by atoms with Gasteiger partial charge in [0.2, 0.25) is 0 Å². The molecule has 1 unspecified atom stereocenters. The molecule has 1 aliphatic heterocycles. The minimum Gasteiger partial charge on any atom is -0.267 e. The van der Waals surface area contributed by atoms with Gasteiger partial charge in [-0.15, -0.1) is 0 Å². The Hall–Kier alpha value is -2.91. The van der Waals surface area contributed by atoms with Gasteiger partial charge in [0.1, 0.15) is 0 Å². The van der Waals surface area contributed by atoms with Gasteiger partial charge in [0.25, 0.3) is 5.91 Å². The van der Waals surface area contributed by atoms with Gasteiger partial charge >= 0.3 is 0 Å². The minimum absolute atomic E-state index is 0.127. The summed E-state index contributed by atoms with van der Waals surface area (Å²) in [6.45, 7) is 0. The zero-order chi connectivity index (χ0) is 17.9. The Balaban J connectivity index is 1.74. The van der Waals surface area contributed by atoms with E-state index in [9.17, 15) is 4.79 Å². The highest BCUT2D eigenvalue weighted by atomic mass is 35.5. The van der Waals surface area contributed by atoms with Gasteiger partial charge in [-0.1, -0.05) is 78.3 Å². The molecule has 0 radical (unpaired) electrons. The molecule has 0 fully saturated rings. The van der Waals surface area contributed by atoms with Crippen molar-refractivity contribution in [3.63, 3.8) is 0 Å². The van der Waals surface area contributed by atoms with Crippen molar-refractivity contribution in [3.8, 4) is 0 Å². The zero-order valence-corrected chi connectivity index (χ0v) is 14.8. The number of carbonyl (C=O) groups is 1. The van der Waals surface area contributed by atoms with Crippen molar-refractivity contribution in [2.24, 2.45) is 5.10 Å². The Labute approximate surface area is 157 Å². The van der Waals surface area contributed by atoms with Crippen LogP contribution in [-0.4, -0.2) is 16.6 Å². The fraction of sp³-hybridized carbons (Fsp3) is 0.0909. The van der Waals surface area contributed by atoms with E-state index in [-0.39, 0.29) is 11.9 Å². The SMILES string of the molecule is O=C(c1cccc(Cl)c1)N1N=C(c2ccccc2)CC1c1ccccc1. The normalized spacial score (nSPS) is 16.4. The van der Waals surface area contributed by atoms with E-state index < -0.39 is 0 Å². The molecule has 3 aromatic rings. The molecule has 26 heavy (non-hydrogen) atoms. The number of hydrogen-bond donors (Lipinski definition) is 0. The topological polar surface area (TPSA) is 32.7 Å². The van der Waals surface area contributed by atoms with E-state index in [0.717, 1.165) is 16.8 Å². The highest BCUT2D eigenvalue weighted by Crippen LogP contribution is 2.34. The van der Waals surface area contributed by atoms with E-state index in [1.54, 1.807) is 29.3 Å². The molecular weight excluding hydrogens is 344 g/mol. The summed E-state index contributed by atoms with van der Waals surface area (Å²) in [6, 6.07) is 26.9. The highest BCUT2D eigenvalue weighted by Gasteiger charge is 2.33. The van der Waals surface area contributed by atoms with Gasteiger partial charge in [0.15, 0.2) is 0 Å². The minimum atomic E-state index is -0.146. The van der Waals surface area contributed by atoms with E-state index in [2.05, 4.69) is 5.10 Å². The molecule has 0 saturated carbocycles. The monoisotopic (exact) mass is 360 g/mol. The first-order chi connectivity index (χ1) is 12.7. The van der Waals surface area contributed by atoms with Crippen LogP contribution in [0.3, 0.4) is 0 Å². The standard InChI is InChI=1S/C22H17ClN2O/c23-19-13-7-12-18(14-19)22(26)25-21(17-10-5-2-6-11-17)15-20(24-25)16-8-3-1-4-9-16/h1-14,21H,15H2. The molecule has 0 aliphatic carbocycles. The summed E-state index contributed by atoms with van der Waals surface area (Å²) in [5.41, 5.74) is 3.55. The number of carbonyl (C=O) groups excluding carboxylic acids is 1. The summed E-state index contributed by atoms with van der Waals surface area (Å²) < 4.78 is 0.